The molecular weight excluding hydrogens is 186 g/mol. The monoisotopic (exact) mass is 217 g/mol. The van der Waals surface area contributed by atoms with Gasteiger partial charge in [-0.05, 0) is 26.4 Å². The van der Waals surface area contributed by atoms with Crippen molar-refractivity contribution >= 4 is 0 Å². The van der Waals surface area contributed by atoms with Crippen molar-refractivity contribution in [3.8, 4) is 0 Å². The van der Waals surface area contributed by atoms with Gasteiger partial charge in [0.25, 0.3) is 0 Å². The third-order valence-corrected chi connectivity index (χ3v) is 2.46. The first-order valence-electron chi connectivity index (χ1n) is 6.34. The van der Waals surface area contributed by atoms with Gasteiger partial charge in [-0.1, -0.05) is 34.6 Å². The van der Waals surface area contributed by atoms with Gasteiger partial charge in [0.15, 0.2) is 0 Å². The highest BCUT2D eigenvalue weighted by Gasteiger charge is 2.28. The second-order valence-corrected chi connectivity index (χ2v) is 4.09. The molecule has 2 heteroatoms. The summed E-state index contributed by atoms with van der Waals surface area (Å²) in [6, 6.07) is 0. The van der Waals surface area contributed by atoms with E-state index < -0.39 is 0 Å². The van der Waals surface area contributed by atoms with Crippen LogP contribution in [0.15, 0.2) is 0 Å². The predicted molar refractivity (Wildman–Crippen MR) is 69.4 cm³/mol. The van der Waals surface area contributed by atoms with Crippen LogP contribution in [-0.2, 0) is 4.74 Å². The van der Waals surface area contributed by atoms with Crippen molar-refractivity contribution in [1.29, 1.82) is 0 Å². The molecule has 0 amide bonds. The summed E-state index contributed by atoms with van der Waals surface area (Å²) in [7, 11) is 3.98. The quantitative estimate of drug-likeness (QED) is 0.703. The van der Waals surface area contributed by atoms with Gasteiger partial charge in [0, 0.05) is 19.1 Å². The van der Waals surface area contributed by atoms with Crippen molar-refractivity contribution in [3.63, 3.8) is 0 Å². The van der Waals surface area contributed by atoms with Crippen LogP contribution in [0, 0.1) is 5.41 Å². The zero-order valence-electron chi connectivity index (χ0n) is 11.9. The number of methoxy groups -OCH3 is 1. The highest BCUT2D eigenvalue weighted by atomic mass is 16.5. The number of rotatable bonds is 2. The average molecular weight is 217 g/mol. The van der Waals surface area contributed by atoms with Crippen LogP contribution in [0.2, 0.25) is 0 Å². The molecule has 15 heavy (non-hydrogen) atoms. The topological polar surface area (TPSA) is 12.5 Å². The minimum atomic E-state index is 0.405. The molecule has 0 aromatic rings. The van der Waals surface area contributed by atoms with Crippen LogP contribution in [0.5, 0.6) is 0 Å². The third kappa shape index (κ3) is 7.80. The lowest BCUT2D eigenvalue weighted by atomic mass is 9.83. The summed E-state index contributed by atoms with van der Waals surface area (Å²) in [6.45, 7) is 13.6. The van der Waals surface area contributed by atoms with Crippen molar-refractivity contribution in [2.75, 3.05) is 33.9 Å². The van der Waals surface area contributed by atoms with Crippen molar-refractivity contribution in [3.05, 3.63) is 0 Å². The van der Waals surface area contributed by atoms with E-state index in [4.69, 9.17) is 4.74 Å². The van der Waals surface area contributed by atoms with Crippen molar-refractivity contribution in [1.82, 2.24) is 4.90 Å². The molecule has 0 saturated carbocycles. The Labute approximate surface area is 97.0 Å². The van der Waals surface area contributed by atoms with Crippen molar-refractivity contribution < 1.29 is 4.74 Å². The molecule has 0 radical (unpaired) electrons. The molecular formula is C13H31NO. The predicted octanol–water partition coefficient (Wildman–Crippen LogP) is 3.42. The molecule has 0 spiro atoms. The fourth-order valence-electron chi connectivity index (χ4n) is 2.05. The van der Waals surface area contributed by atoms with Gasteiger partial charge >= 0.3 is 0 Å². The Morgan fingerprint density at radius 2 is 1.73 bits per heavy atom. The van der Waals surface area contributed by atoms with Crippen LogP contribution in [0.3, 0.4) is 0 Å². The van der Waals surface area contributed by atoms with Crippen LogP contribution in [-0.4, -0.2) is 38.8 Å². The summed E-state index contributed by atoms with van der Waals surface area (Å²) in [6.07, 6.45) is 2.63. The summed E-state index contributed by atoms with van der Waals surface area (Å²) in [5.41, 5.74) is 0.405. The highest BCUT2D eigenvalue weighted by molar-refractivity contribution is 4.81. The van der Waals surface area contributed by atoms with Gasteiger partial charge in [0.1, 0.15) is 0 Å². The summed E-state index contributed by atoms with van der Waals surface area (Å²) >= 11 is 0. The number of likely N-dealkylation sites (tertiary alicyclic amines) is 1. The van der Waals surface area contributed by atoms with Crippen LogP contribution < -0.4 is 0 Å². The standard InChI is InChI=1S/C9H19NO.2C2H6/c1-9(8-11-3)5-4-6-10(2)7-9;2*1-2/h4-8H2,1-3H3;2*1-2H3. The van der Waals surface area contributed by atoms with Crippen LogP contribution in [0.25, 0.3) is 0 Å². The normalized spacial score (nSPS) is 25.8. The molecule has 1 heterocycles. The maximum atomic E-state index is 5.21. The molecule has 1 aliphatic rings. The zero-order valence-corrected chi connectivity index (χ0v) is 11.9. The first kappa shape index (κ1) is 17.3. The SMILES string of the molecule is CC.CC.COCC1(C)CCCN(C)C1. The van der Waals surface area contributed by atoms with E-state index in [0.717, 1.165) is 6.61 Å². The molecule has 1 fully saturated rings. The second-order valence-electron chi connectivity index (χ2n) is 4.09. The highest BCUT2D eigenvalue weighted by Crippen LogP contribution is 2.28. The molecule has 1 atom stereocenters. The smallest absolute Gasteiger partial charge is 0.0528 e. The Morgan fingerprint density at radius 1 is 1.20 bits per heavy atom. The Hall–Kier alpha value is -0.0800. The van der Waals surface area contributed by atoms with E-state index in [1.807, 2.05) is 27.7 Å². The molecule has 1 saturated heterocycles. The molecule has 0 aromatic heterocycles. The number of hydrogen-bond donors (Lipinski definition) is 0. The minimum Gasteiger partial charge on any atom is -0.384 e. The Balaban J connectivity index is 0. The number of ether oxygens (including phenoxy) is 1. The van der Waals surface area contributed by atoms with E-state index >= 15 is 0 Å². The molecule has 0 aromatic carbocycles. The van der Waals surface area contributed by atoms with Gasteiger partial charge in [-0.25, -0.2) is 0 Å². The van der Waals surface area contributed by atoms with Gasteiger partial charge < -0.3 is 9.64 Å². The van der Waals surface area contributed by atoms with Gasteiger partial charge in [-0.2, -0.15) is 0 Å². The lowest BCUT2D eigenvalue weighted by Gasteiger charge is -2.38. The Kier molecular flexibility index (Phi) is 12.1. The fourth-order valence-corrected chi connectivity index (χ4v) is 2.05. The maximum absolute atomic E-state index is 5.21. The van der Waals surface area contributed by atoms with Gasteiger partial charge in [-0.3, -0.25) is 0 Å². The molecule has 1 rings (SSSR count). The number of piperidine rings is 1. The summed E-state index contributed by atoms with van der Waals surface area (Å²) in [5, 5.41) is 0. The first-order valence-corrected chi connectivity index (χ1v) is 6.34. The molecule has 94 valence electrons. The van der Waals surface area contributed by atoms with E-state index in [1.54, 1.807) is 7.11 Å². The molecule has 1 unspecified atom stereocenters. The Bertz CT molecular complexity index is 124. The van der Waals surface area contributed by atoms with Gasteiger partial charge in [-0.15, -0.1) is 0 Å². The van der Waals surface area contributed by atoms with E-state index in [9.17, 15) is 0 Å². The maximum Gasteiger partial charge on any atom is 0.0528 e. The van der Waals surface area contributed by atoms with Crippen molar-refractivity contribution in [2.45, 2.75) is 47.5 Å². The van der Waals surface area contributed by atoms with Crippen molar-refractivity contribution in [2.24, 2.45) is 5.41 Å². The molecule has 2 nitrogen and oxygen atoms in total. The molecule has 0 bridgehead atoms. The average Bonchev–Trinajstić information content (AvgIpc) is 2.23. The van der Waals surface area contributed by atoms with Gasteiger partial charge in [0.2, 0.25) is 0 Å². The summed E-state index contributed by atoms with van der Waals surface area (Å²) in [4.78, 5) is 2.39. The minimum absolute atomic E-state index is 0.405. The Morgan fingerprint density at radius 3 is 2.13 bits per heavy atom. The molecule has 0 N–H and O–H groups in total. The number of hydrogen-bond acceptors (Lipinski definition) is 2. The van der Waals surface area contributed by atoms with E-state index in [2.05, 4.69) is 18.9 Å². The summed E-state index contributed by atoms with van der Waals surface area (Å²) < 4.78 is 5.21. The largest absolute Gasteiger partial charge is 0.384 e. The van der Waals surface area contributed by atoms with E-state index in [1.165, 1.54) is 25.9 Å². The lowest BCUT2D eigenvalue weighted by Crippen LogP contribution is -2.41. The number of nitrogens with zero attached hydrogens (tertiary/aromatic N) is 1. The second kappa shape index (κ2) is 10.4. The summed E-state index contributed by atoms with van der Waals surface area (Å²) in [5.74, 6) is 0. The lowest BCUT2D eigenvalue weighted by molar-refractivity contribution is 0.0339. The fraction of sp³-hybridized carbons (Fsp3) is 1.00. The third-order valence-electron chi connectivity index (χ3n) is 2.46. The van der Waals surface area contributed by atoms with Crippen LogP contribution in [0.1, 0.15) is 47.5 Å². The van der Waals surface area contributed by atoms with E-state index in [0.29, 0.717) is 5.41 Å². The van der Waals surface area contributed by atoms with Crippen LogP contribution >= 0.6 is 0 Å². The molecule has 0 aliphatic carbocycles. The molecule has 1 aliphatic heterocycles. The first-order chi connectivity index (χ1) is 7.16. The zero-order chi connectivity index (χ0) is 12.3. The van der Waals surface area contributed by atoms with E-state index in [-0.39, 0.29) is 0 Å². The van der Waals surface area contributed by atoms with Crippen LogP contribution in [0.4, 0.5) is 0 Å². The van der Waals surface area contributed by atoms with Gasteiger partial charge in [0.05, 0.1) is 6.61 Å².